The van der Waals surface area contributed by atoms with Gasteiger partial charge in [0.15, 0.2) is 0 Å². The zero-order chi connectivity index (χ0) is 11.1. The van der Waals surface area contributed by atoms with Crippen LogP contribution in [0.2, 0.25) is 0 Å². The van der Waals surface area contributed by atoms with Crippen LogP contribution in [0.15, 0.2) is 15.9 Å². The Hall–Kier alpha value is 0.140. The molecular formula is C12H20BrNS. The smallest absolute Gasteiger partial charge is 0.0314 e. The van der Waals surface area contributed by atoms with Crippen LogP contribution in [-0.2, 0) is 6.42 Å². The predicted molar refractivity (Wildman–Crippen MR) is 72.7 cm³/mol. The van der Waals surface area contributed by atoms with Crippen LogP contribution >= 0.6 is 27.3 Å². The van der Waals surface area contributed by atoms with E-state index in [4.69, 9.17) is 0 Å². The number of rotatable bonds is 7. The van der Waals surface area contributed by atoms with Gasteiger partial charge < -0.3 is 5.32 Å². The molecule has 0 saturated heterocycles. The Bertz CT molecular complexity index is 272. The third kappa shape index (κ3) is 5.14. The van der Waals surface area contributed by atoms with Crippen LogP contribution in [0.3, 0.4) is 0 Å². The topological polar surface area (TPSA) is 12.0 Å². The predicted octanol–water partition coefficient (Wildman–Crippen LogP) is 4.08. The molecule has 0 radical (unpaired) electrons. The summed E-state index contributed by atoms with van der Waals surface area (Å²) >= 11 is 5.43. The summed E-state index contributed by atoms with van der Waals surface area (Å²) < 4.78 is 1.28. The van der Waals surface area contributed by atoms with Gasteiger partial charge in [-0.15, -0.1) is 11.3 Å². The Balaban J connectivity index is 2.16. The molecule has 0 aliphatic carbocycles. The second kappa shape index (κ2) is 7.42. The van der Waals surface area contributed by atoms with Gasteiger partial charge >= 0.3 is 0 Å². The van der Waals surface area contributed by atoms with Crippen molar-refractivity contribution in [1.29, 1.82) is 0 Å². The largest absolute Gasteiger partial charge is 0.316 e. The molecule has 1 rings (SSSR count). The van der Waals surface area contributed by atoms with Gasteiger partial charge in [0, 0.05) is 9.35 Å². The number of hydrogen-bond donors (Lipinski definition) is 1. The van der Waals surface area contributed by atoms with Gasteiger partial charge in [-0.1, -0.05) is 13.8 Å². The number of nitrogens with one attached hydrogen (secondary N) is 1. The van der Waals surface area contributed by atoms with E-state index in [1.165, 1.54) is 28.6 Å². The van der Waals surface area contributed by atoms with Gasteiger partial charge in [0.25, 0.3) is 0 Å². The lowest BCUT2D eigenvalue weighted by atomic mass is 10.1. The van der Waals surface area contributed by atoms with Crippen molar-refractivity contribution < 1.29 is 0 Å². The first-order chi connectivity index (χ1) is 7.24. The molecule has 0 amide bonds. The fourth-order valence-corrected chi connectivity index (χ4v) is 3.08. The molecule has 0 saturated carbocycles. The van der Waals surface area contributed by atoms with Crippen molar-refractivity contribution in [2.75, 3.05) is 13.1 Å². The SMILES string of the molecule is CCCNCC(C)CCc1sccc1Br. The highest BCUT2D eigenvalue weighted by atomic mass is 79.9. The lowest BCUT2D eigenvalue weighted by Crippen LogP contribution is -2.22. The zero-order valence-electron chi connectivity index (χ0n) is 9.55. The molecule has 0 spiro atoms. The molecular weight excluding hydrogens is 270 g/mol. The molecule has 1 nitrogen and oxygen atoms in total. The molecule has 1 aromatic rings. The summed E-state index contributed by atoms with van der Waals surface area (Å²) in [7, 11) is 0. The minimum atomic E-state index is 0.769. The highest BCUT2D eigenvalue weighted by molar-refractivity contribution is 9.10. The van der Waals surface area contributed by atoms with Crippen molar-refractivity contribution in [3.63, 3.8) is 0 Å². The lowest BCUT2D eigenvalue weighted by molar-refractivity contribution is 0.482. The van der Waals surface area contributed by atoms with Crippen molar-refractivity contribution in [3.05, 3.63) is 20.8 Å². The maximum Gasteiger partial charge on any atom is 0.0314 e. The molecule has 0 aliphatic rings. The first-order valence-electron chi connectivity index (χ1n) is 5.66. The fraction of sp³-hybridized carbons (Fsp3) is 0.667. The monoisotopic (exact) mass is 289 g/mol. The summed E-state index contributed by atoms with van der Waals surface area (Å²) in [6, 6.07) is 2.14. The van der Waals surface area contributed by atoms with Crippen molar-refractivity contribution >= 4 is 27.3 Å². The Morgan fingerprint density at radius 1 is 1.53 bits per heavy atom. The molecule has 3 heteroatoms. The van der Waals surface area contributed by atoms with Gasteiger partial charge in [-0.2, -0.15) is 0 Å². The van der Waals surface area contributed by atoms with E-state index in [0.717, 1.165) is 19.0 Å². The van der Waals surface area contributed by atoms with E-state index in [-0.39, 0.29) is 0 Å². The van der Waals surface area contributed by atoms with Gasteiger partial charge in [0.1, 0.15) is 0 Å². The van der Waals surface area contributed by atoms with Gasteiger partial charge in [0.2, 0.25) is 0 Å². The Morgan fingerprint density at radius 2 is 2.33 bits per heavy atom. The quantitative estimate of drug-likeness (QED) is 0.746. The average molecular weight is 290 g/mol. The van der Waals surface area contributed by atoms with Crippen LogP contribution in [-0.4, -0.2) is 13.1 Å². The first kappa shape index (κ1) is 13.2. The van der Waals surface area contributed by atoms with E-state index in [1.807, 2.05) is 11.3 Å². The van der Waals surface area contributed by atoms with Crippen molar-refractivity contribution in [2.24, 2.45) is 5.92 Å². The summed E-state index contributed by atoms with van der Waals surface area (Å²) in [5.74, 6) is 0.769. The van der Waals surface area contributed by atoms with Crippen LogP contribution in [0.25, 0.3) is 0 Å². The van der Waals surface area contributed by atoms with Crippen LogP contribution in [0.1, 0.15) is 31.6 Å². The molecule has 0 fully saturated rings. The normalized spacial score (nSPS) is 13.0. The summed E-state index contributed by atoms with van der Waals surface area (Å²) in [5, 5.41) is 5.62. The van der Waals surface area contributed by atoms with Gasteiger partial charge in [0.05, 0.1) is 0 Å². The number of hydrogen-bond acceptors (Lipinski definition) is 2. The molecule has 1 aromatic heterocycles. The summed E-state index contributed by atoms with van der Waals surface area (Å²) in [5.41, 5.74) is 0. The first-order valence-corrected chi connectivity index (χ1v) is 7.34. The number of thiophene rings is 1. The summed E-state index contributed by atoms with van der Waals surface area (Å²) in [6.45, 7) is 6.83. The minimum absolute atomic E-state index is 0.769. The number of halogens is 1. The minimum Gasteiger partial charge on any atom is -0.316 e. The van der Waals surface area contributed by atoms with E-state index in [0.29, 0.717) is 0 Å². The van der Waals surface area contributed by atoms with Crippen LogP contribution < -0.4 is 5.32 Å². The highest BCUT2D eigenvalue weighted by Gasteiger charge is 2.05. The maximum atomic E-state index is 3.58. The summed E-state index contributed by atoms with van der Waals surface area (Å²) in [6.07, 6.45) is 3.70. The van der Waals surface area contributed by atoms with Gasteiger partial charge in [-0.25, -0.2) is 0 Å². The summed E-state index contributed by atoms with van der Waals surface area (Å²) in [4.78, 5) is 1.48. The molecule has 86 valence electrons. The second-order valence-electron chi connectivity index (χ2n) is 4.04. The Morgan fingerprint density at radius 3 is 2.93 bits per heavy atom. The molecule has 0 bridgehead atoms. The van der Waals surface area contributed by atoms with Crippen molar-refractivity contribution in [2.45, 2.75) is 33.1 Å². The third-order valence-corrected chi connectivity index (χ3v) is 4.46. The zero-order valence-corrected chi connectivity index (χ0v) is 12.0. The standard InChI is InChI=1S/C12H20BrNS/c1-3-7-14-9-10(2)4-5-12-11(13)6-8-15-12/h6,8,10,14H,3-5,7,9H2,1-2H3. The second-order valence-corrected chi connectivity index (χ2v) is 5.89. The van der Waals surface area contributed by atoms with E-state index < -0.39 is 0 Å². The Kier molecular flexibility index (Phi) is 6.53. The molecule has 1 heterocycles. The molecule has 0 aromatic carbocycles. The van der Waals surface area contributed by atoms with E-state index in [2.05, 4.69) is 46.5 Å². The lowest BCUT2D eigenvalue weighted by Gasteiger charge is -2.11. The van der Waals surface area contributed by atoms with E-state index >= 15 is 0 Å². The Labute approximate surface area is 105 Å². The molecule has 1 atom stereocenters. The van der Waals surface area contributed by atoms with Crippen LogP contribution in [0, 0.1) is 5.92 Å². The number of aryl methyl sites for hydroxylation is 1. The molecule has 15 heavy (non-hydrogen) atoms. The maximum absolute atomic E-state index is 3.58. The fourth-order valence-electron chi connectivity index (χ4n) is 1.51. The van der Waals surface area contributed by atoms with Gasteiger partial charge in [-0.05, 0) is 65.6 Å². The molecule has 1 N–H and O–H groups in total. The van der Waals surface area contributed by atoms with Crippen molar-refractivity contribution in [1.82, 2.24) is 5.32 Å². The molecule has 1 unspecified atom stereocenters. The molecule has 0 aliphatic heterocycles. The highest BCUT2D eigenvalue weighted by Crippen LogP contribution is 2.24. The van der Waals surface area contributed by atoms with E-state index in [9.17, 15) is 0 Å². The van der Waals surface area contributed by atoms with Gasteiger partial charge in [-0.3, -0.25) is 0 Å². The third-order valence-electron chi connectivity index (χ3n) is 2.47. The van der Waals surface area contributed by atoms with Crippen LogP contribution in [0.5, 0.6) is 0 Å². The van der Waals surface area contributed by atoms with E-state index in [1.54, 1.807) is 0 Å². The van der Waals surface area contributed by atoms with Crippen molar-refractivity contribution in [3.8, 4) is 0 Å². The van der Waals surface area contributed by atoms with Crippen LogP contribution in [0.4, 0.5) is 0 Å². The average Bonchev–Trinajstić information content (AvgIpc) is 2.61.